The molecule has 1 aliphatic carbocycles. The van der Waals surface area contributed by atoms with Gasteiger partial charge in [0.2, 0.25) is 0 Å². The predicted octanol–water partition coefficient (Wildman–Crippen LogP) is 2.82. The second-order valence-electron chi connectivity index (χ2n) is 8.41. The van der Waals surface area contributed by atoms with Crippen LogP contribution in [0.1, 0.15) is 53.4 Å². The van der Waals surface area contributed by atoms with Crippen LogP contribution in [0.3, 0.4) is 0 Å². The van der Waals surface area contributed by atoms with Crippen LogP contribution in [0.15, 0.2) is 0 Å². The van der Waals surface area contributed by atoms with Gasteiger partial charge in [-0.3, -0.25) is 9.80 Å². The van der Waals surface area contributed by atoms with Gasteiger partial charge in [-0.05, 0) is 51.6 Å². The number of nitrogens with one attached hydrogen (secondary N) is 1. The van der Waals surface area contributed by atoms with Gasteiger partial charge in [0.25, 0.3) is 0 Å². The Balaban J connectivity index is 1.98. The average Bonchev–Trinajstić information content (AvgIpc) is 2.44. The Kier molecular flexibility index (Phi) is 5.72. The van der Waals surface area contributed by atoms with E-state index in [2.05, 4.69) is 49.9 Å². The highest BCUT2D eigenvalue weighted by atomic mass is 15.3. The van der Waals surface area contributed by atoms with Gasteiger partial charge < -0.3 is 5.32 Å². The molecule has 1 aliphatic heterocycles. The van der Waals surface area contributed by atoms with Gasteiger partial charge in [0, 0.05) is 38.3 Å². The third-order valence-corrected chi connectivity index (χ3v) is 6.04. The Hall–Kier alpha value is -0.120. The van der Waals surface area contributed by atoms with Gasteiger partial charge in [-0.25, -0.2) is 0 Å². The molecule has 1 N–H and O–H groups in total. The molecule has 2 fully saturated rings. The molecular formula is C18H37N3. The monoisotopic (exact) mass is 295 g/mol. The Morgan fingerprint density at radius 2 is 1.81 bits per heavy atom. The van der Waals surface area contributed by atoms with Gasteiger partial charge in [0.1, 0.15) is 0 Å². The van der Waals surface area contributed by atoms with Crippen molar-refractivity contribution in [1.82, 2.24) is 15.1 Å². The molecule has 2 aliphatic rings. The van der Waals surface area contributed by atoms with E-state index in [4.69, 9.17) is 0 Å². The lowest BCUT2D eigenvalue weighted by Crippen LogP contribution is -2.60. The lowest BCUT2D eigenvalue weighted by atomic mass is 9.70. The van der Waals surface area contributed by atoms with Gasteiger partial charge in [-0.2, -0.15) is 0 Å². The van der Waals surface area contributed by atoms with Crippen LogP contribution in [0.4, 0.5) is 0 Å². The number of hydrogen-bond acceptors (Lipinski definition) is 3. The lowest BCUT2D eigenvalue weighted by Gasteiger charge is -2.49. The summed E-state index contributed by atoms with van der Waals surface area (Å²) in [6.45, 7) is 16.7. The fraction of sp³-hybridized carbons (Fsp3) is 1.00. The predicted molar refractivity (Wildman–Crippen MR) is 91.8 cm³/mol. The van der Waals surface area contributed by atoms with Crippen LogP contribution in [0.25, 0.3) is 0 Å². The van der Waals surface area contributed by atoms with E-state index >= 15 is 0 Å². The van der Waals surface area contributed by atoms with Crippen molar-refractivity contribution in [3.8, 4) is 0 Å². The van der Waals surface area contributed by atoms with Crippen molar-refractivity contribution in [2.45, 2.75) is 58.9 Å². The molecule has 21 heavy (non-hydrogen) atoms. The van der Waals surface area contributed by atoms with Crippen LogP contribution < -0.4 is 5.32 Å². The van der Waals surface area contributed by atoms with Crippen molar-refractivity contribution in [2.24, 2.45) is 11.3 Å². The van der Waals surface area contributed by atoms with E-state index in [0.717, 1.165) is 12.5 Å². The summed E-state index contributed by atoms with van der Waals surface area (Å²) < 4.78 is 0. The van der Waals surface area contributed by atoms with Crippen molar-refractivity contribution < 1.29 is 0 Å². The lowest BCUT2D eigenvalue weighted by molar-refractivity contribution is 0.00317. The molecule has 0 unspecified atom stereocenters. The molecule has 2 rings (SSSR count). The fourth-order valence-electron chi connectivity index (χ4n) is 4.11. The van der Waals surface area contributed by atoms with Crippen LogP contribution in [-0.4, -0.2) is 61.7 Å². The summed E-state index contributed by atoms with van der Waals surface area (Å²) in [7, 11) is 2.27. The van der Waals surface area contributed by atoms with Gasteiger partial charge in [-0.1, -0.05) is 26.7 Å². The molecule has 0 bridgehead atoms. The van der Waals surface area contributed by atoms with Crippen LogP contribution >= 0.6 is 0 Å². The van der Waals surface area contributed by atoms with Crippen LogP contribution in [-0.2, 0) is 0 Å². The van der Waals surface area contributed by atoms with Crippen molar-refractivity contribution >= 4 is 0 Å². The van der Waals surface area contributed by atoms with E-state index in [-0.39, 0.29) is 0 Å². The minimum atomic E-state index is 0.319. The third-order valence-electron chi connectivity index (χ3n) is 6.04. The molecule has 1 heterocycles. The topological polar surface area (TPSA) is 18.5 Å². The molecule has 0 spiro atoms. The normalized spacial score (nSPS) is 35.0. The average molecular weight is 296 g/mol. The summed E-state index contributed by atoms with van der Waals surface area (Å²) in [6.07, 6.45) is 5.66. The number of likely N-dealkylation sites (N-methyl/N-ethyl adjacent to an activating group) is 1. The van der Waals surface area contributed by atoms with Gasteiger partial charge in [0.15, 0.2) is 0 Å². The third kappa shape index (κ3) is 4.43. The fourth-order valence-corrected chi connectivity index (χ4v) is 4.11. The van der Waals surface area contributed by atoms with Crippen molar-refractivity contribution in [3.05, 3.63) is 0 Å². The molecule has 1 saturated heterocycles. The van der Waals surface area contributed by atoms with E-state index < -0.39 is 0 Å². The number of rotatable bonds is 5. The Bertz CT molecular complexity index is 313. The summed E-state index contributed by atoms with van der Waals surface area (Å²) in [5, 5.41) is 3.66. The van der Waals surface area contributed by atoms with E-state index in [1.54, 1.807) is 0 Å². The second kappa shape index (κ2) is 6.97. The quantitative estimate of drug-likeness (QED) is 0.841. The maximum absolute atomic E-state index is 3.66. The number of nitrogens with zero attached hydrogens (tertiary/aromatic N) is 2. The first-order valence-corrected chi connectivity index (χ1v) is 9.01. The maximum Gasteiger partial charge on any atom is 0.0277 e. The summed E-state index contributed by atoms with van der Waals surface area (Å²) in [5.74, 6) is 0.934. The molecular weight excluding hydrogens is 258 g/mol. The Labute approximate surface area is 132 Å². The Morgan fingerprint density at radius 1 is 1.14 bits per heavy atom. The molecule has 0 aromatic heterocycles. The zero-order valence-electron chi connectivity index (χ0n) is 15.0. The molecule has 3 nitrogen and oxygen atoms in total. The number of hydrogen-bond donors (Lipinski definition) is 1. The zero-order chi connectivity index (χ0) is 15.5. The van der Waals surface area contributed by atoms with Crippen molar-refractivity contribution in [1.29, 1.82) is 0 Å². The molecule has 124 valence electrons. The van der Waals surface area contributed by atoms with Crippen molar-refractivity contribution in [2.75, 3.05) is 46.3 Å². The van der Waals surface area contributed by atoms with Crippen molar-refractivity contribution in [3.63, 3.8) is 0 Å². The maximum atomic E-state index is 3.66. The van der Waals surface area contributed by atoms with Gasteiger partial charge in [-0.15, -0.1) is 0 Å². The zero-order valence-corrected chi connectivity index (χ0v) is 15.0. The summed E-state index contributed by atoms with van der Waals surface area (Å²) in [5.41, 5.74) is 0.841. The largest absolute Gasteiger partial charge is 0.316 e. The minimum absolute atomic E-state index is 0.319. The molecule has 0 aromatic rings. The molecule has 0 radical (unpaired) electrons. The highest BCUT2D eigenvalue weighted by Crippen LogP contribution is 2.39. The summed E-state index contributed by atoms with van der Waals surface area (Å²) in [6, 6.07) is 0. The van der Waals surface area contributed by atoms with E-state index in [0.29, 0.717) is 11.0 Å². The number of piperazine rings is 1. The molecule has 0 amide bonds. The first-order valence-electron chi connectivity index (χ1n) is 9.01. The minimum Gasteiger partial charge on any atom is -0.316 e. The summed E-state index contributed by atoms with van der Waals surface area (Å²) in [4.78, 5) is 5.26. The molecule has 0 atom stereocenters. The molecule has 3 heteroatoms. The van der Waals surface area contributed by atoms with Crippen LogP contribution in [0, 0.1) is 11.3 Å². The molecule has 1 saturated carbocycles. The standard InChI is InChI=1S/C18H37N3/c1-6-19-13-18(9-7-16(2)8-10-18)15-21-12-11-20(5)17(3,4)14-21/h16,19H,6-15H2,1-5H3. The van der Waals surface area contributed by atoms with E-state index in [1.165, 1.54) is 58.4 Å². The SMILES string of the molecule is CCNCC1(CN2CCN(C)C(C)(C)C2)CCC(C)CC1. The van der Waals surface area contributed by atoms with E-state index in [9.17, 15) is 0 Å². The van der Waals surface area contributed by atoms with Gasteiger partial charge >= 0.3 is 0 Å². The second-order valence-corrected chi connectivity index (χ2v) is 8.41. The van der Waals surface area contributed by atoms with E-state index in [1.807, 2.05) is 0 Å². The molecule has 0 aromatic carbocycles. The van der Waals surface area contributed by atoms with Gasteiger partial charge in [0.05, 0.1) is 0 Å². The van der Waals surface area contributed by atoms with Crippen LogP contribution in [0.2, 0.25) is 0 Å². The summed E-state index contributed by atoms with van der Waals surface area (Å²) >= 11 is 0. The first kappa shape index (κ1) is 17.2. The van der Waals surface area contributed by atoms with Crippen LogP contribution in [0.5, 0.6) is 0 Å². The highest BCUT2D eigenvalue weighted by Gasteiger charge is 2.38. The highest BCUT2D eigenvalue weighted by molar-refractivity contribution is 4.94. The Morgan fingerprint density at radius 3 is 2.38 bits per heavy atom. The first-order chi connectivity index (χ1) is 9.87. The smallest absolute Gasteiger partial charge is 0.0277 e.